The van der Waals surface area contributed by atoms with Gasteiger partial charge in [0.2, 0.25) is 0 Å². The van der Waals surface area contributed by atoms with Gasteiger partial charge in [-0.25, -0.2) is 9.98 Å². The molecule has 0 saturated heterocycles. The van der Waals surface area contributed by atoms with E-state index in [2.05, 4.69) is 35.6 Å². The third kappa shape index (κ3) is 3.11. The number of anilines is 1. The van der Waals surface area contributed by atoms with Gasteiger partial charge in [-0.2, -0.15) is 0 Å². The lowest BCUT2D eigenvalue weighted by Crippen LogP contribution is -2.55. The second-order valence-corrected chi connectivity index (χ2v) is 5.75. The van der Waals surface area contributed by atoms with Crippen molar-refractivity contribution < 1.29 is 0 Å². The van der Waals surface area contributed by atoms with Gasteiger partial charge in [-0.3, -0.25) is 9.98 Å². The first-order chi connectivity index (χ1) is 11.4. The lowest BCUT2D eigenvalue weighted by molar-refractivity contribution is 0.386. The number of nitrogens with zero attached hydrogens (tertiary/aromatic N) is 4. The van der Waals surface area contributed by atoms with Crippen molar-refractivity contribution in [2.24, 2.45) is 37.9 Å². The Kier molecular flexibility index (Phi) is 4.02. The van der Waals surface area contributed by atoms with Crippen molar-refractivity contribution in [3.05, 3.63) is 11.9 Å². The molecule has 0 aliphatic carbocycles. The highest BCUT2D eigenvalue weighted by Crippen LogP contribution is 2.28. The number of rotatable bonds is 5. The number of aromatic amines is 1. The summed E-state index contributed by atoms with van der Waals surface area (Å²) in [5, 5.41) is 6.29. The van der Waals surface area contributed by atoms with Crippen LogP contribution in [0.3, 0.4) is 0 Å². The average Bonchev–Trinajstić information content (AvgIpc) is 3.20. The minimum absolute atomic E-state index is 0.00138. The largest absolute Gasteiger partial charge is 0.370 e. The molecular weight excluding hydrogens is 312 g/mol. The predicted molar refractivity (Wildman–Crippen MR) is 92.2 cm³/mol. The van der Waals surface area contributed by atoms with Gasteiger partial charge >= 0.3 is 0 Å². The van der Waals surface area contributed by atoms with E-state index in [0.29, 0.717) is 31.0 Å². The standard InChI is InChI=1S/C12H22N12/c13-9(14)18-1-4(5-2-19-10(15)21-5)7-8(24-12(17)23-7)6-3-20-11(16)22-6/h2,4,6-8H,1,3H2,(H4,13,14,18)(H3,15,19,21)(H3,16,20,22)(H3,17,23,24). The summed E-state index contributed by atoms with van der Waals surface area (Å²) in [5.41, 5.74) is 29.1. The van der Waals surface area contributed by atoms with Crippen LogP contribution in [-0.2, 0) is 0 Å². The van der Waals surface area contributed by atoms with Crippen LogP contribution < -0.4 is 39.3 Å². The van der Waals surface area contributed by atoms with Gasteiger partial charge < -0.3 is 44.3 Å². The van der Waals surface area contributed by atoms with Crippen LogP contribution >= 0.6 is 0 Å². The molecule has 0 bridgehead atoms. The molecule has 4 atom stereocenters. The zero-order valence-electron chi connectivity index (χ0n) is 13.0. The number of aliphatic imine (C=N–C) groups is 3. The summed E-state index contributed by atoms with van der Waals surface area (Å²) in [5.74, 6) is 0.861. The molecule has 12 nitrogen and oxygen atoms in total. The molecule has 0 radical (unpaired) electrons. The molecule has 2 aliphatic rings. The first kappa shape index (κ1) is 15.7. The molecule has 0 saturated carbocycles. The Labute approximate surface area is 138 Å². The van der Waals surface area contributed by atoms with Crippen molar-refractivity contribution in [2.45, 2.75) is 24.0 Å². The van der Waals surface area contributed by atoms with Gasteiger partial charge in [0.05, 0.1) is 37.4 Å². The number of imidazole rings is 1. The fourth-order valence-corrected chi connectivity index (χ4v) is 3.03. The van der Waals surface area contributed by atoms with Gasteiger partial charge in [-0.1, -0.05) is 0 Å². The molecule has 0 fully saturated rings. The van der Waals surface area contributed by atoms with E-state index in [9.17, 15) is 0 Å². The van der Waals surface area contributed by atoms with Crippen molar-refractivity contribution in [3.63, 3.8) is 0 Å². The van der Waals surface area contributed by atoms with Crippen LogP contribution in [-0.4, -0.2) is 59.1 Å². The van der Waals surface area contributed by atoms with E-state index in [1.54, 1.807) is 6.20 Å². The van der Waals surface area contributed by atoms with Crippen LogP contribution in [0.1, 0.15) is 11.6 Å². The maximum atomic E-state index is 5.90. The minimum Gasteiger partial charge on any atom is -0.370 e. The van der Waals surface area contributed by atoms with Crippen LogP contribution in [0, 0.1) is 0 Å². The van der Waals surface area contributed by atoms with E-state index < -0.39 is 0 Å². The number of nitrogens with one attached hydrogen (secondary N) is 3. The van der Waals surface area contributed by atoms with Crippen LogP contribution in [0.2, 0.25) is 0 Å². The fourth-order valence-electron chi connectivity index (χ4n) is 3.03. The van der Waals surface area contributed by atoms with E-state index in [-0.39, 0.29) is 30.0 Å². The molecule has 24 heavy (non-hydrogen) atoms. The van der Waals surface area contributed by atoms with Crippen LogP contribution in [0.4, 0.5) is 5.95 Å². The number of H-pyrrole nitrogens is 1. The number of nitrogen functional groups attached to an aromatic ring is 1. The third-order valence-corrected chi connectivity index (χ3v) is 4.09. The molecule has 0 aromatic carbocycles. The second kappa shape index (κ2) is 6.14. The highest BCUT2D eigenvalue weighted by Gasteiger charge is 2.41. The second-order valence-electron chi connectivity index (χ2n) is 5.75. The first-order valence-electron chi connectivity index (χ1n) is 7.46. The fraction of sp³-hybridized carbons (Fsp3) is 0.500. The molecule has 2 aliphatic heterocycles. The van der Waals surface area contributed by atoms with Gasteiger partial charge in [-0.05, 0) is 0 Å². The molecule has 12 heteroatoms. The van der Waals surface area contributed by atoms with Gasteiger partial charge in [0, 0.05) is 11.6 Å². The number of aromatic nitrogens is 2. The summed E-state index contributed by atoms with van der Waals surface area (Å²) < 4.78 is 0. The van der Waals surface area contributed by atoms with E-state index in [1.165, 1.54) is 0 Å². The molecular formula is C12H22N12. The average molecular weight is 334 g/mol. The Morgan fingerprint density at radius 1 is 1.25 bits per heavy atom. The van der Waals surface area contributed by atoms with Gasteiger partial charge in [0.1, 0.15) is 0 Å². The van der Waals surface area contributed by atoms with Crippen LogP contribution in [0.5, 0.6) is 0 Å². The third-order valence-electron chi connectivity index (χ3n) is 4.09. The molecule has 3 heterocycles. The molecule has 1 aromatic rings. The Balaban J connectivity index is 1.87. The van der Waals surface area contributed by atoms with Gasteiger partial charge in [-0.15, -0.1) is 0 Å². The summed E-state index contributed by atoms with van der Waals surface area (Å²) in [4.78, 5) is 19.9. The summed E-state index contributed by atoms with van der Waals surface area (Å²) in [7, 11) is 0. The Bertz CT molecular complexity index is 684. The van der Waals surface area contributed by atoms with E-state index in [1.807, 2.05) is 0 Å². The van der Waals surface area contributed by atoms with Gasteiger partial charge in [0.25, 0.3) is 0 Å². The summed E-state index contributed by atoms with van der Waals surface area (Å²) in [6.07, 6.45) is 1.65. The molecule has 0 spiro atoms. The highest BCUT2D eigenvalue weighted by atomic mass is 15.3. The molecule has 1 aromatic heterocycles. The Morgan fingerprint density at radius 3 is 2.62 bits per heavy atom. The first-order valence-corrected chi connectivity index (χ1v) is 7.46. The highest BCUT2D eigenvalue weighted by molar-refractivity contribution is 5.82. The van der Waals surface area contributed by atoms with E-state index >= 15 is 0 Å². The molecule has 13 N–H and O–H groups in total. The summed E-state index contributed by atoms with van der Waals surface area (Å²) in [6.45, 7) is 0.843. The van der Waals surface area contributed by atoms with E-state index in [4.69, 9.17) is 28.7 Å². The number of nitrogens with two attached hydrogens (primary N) is 5. The Hall–Kier alpha value is -3.18. The Morgan fingerprint density at radius 2 is 2.04 bits per heavy atom. The maximum absolute atomic E-state index is 5.90. The van der Waals surface area contributed by atoms with Crippen LogP contribution in [0.25, 0.3) is 0 Å². The monoisotopic (exact) mass is 334 g/mol. The molecule has 4 unspecified atom stereocenters. The van der Waals surface area contributed by atoms with Crippen molar-refractivity contribution >= 4 is 23.8 Å². The quantitative estimate of drug-likeness (QED) is 0.197. The minimum atomic E-state index is -0.244. The molecule has 0 amide bonds. The normalized spacial score (nSPS) is 26.9. The number of guanidine groups is 3. The lowest BCUT2D eigenvalue weighted by Gasteiger charge is -2.29. The zero-order chi connectivity index (χ0) is 17.3. The number of hydrogen-bond donors (Lipinski definition) is 8. The van der Waals surface area contributed by atoms with Gasteiger partial charge in [0.15, 0.2) is 23.8 Å². The smallest absolute Gasteiger partial charge is 0.197 e. The number of hydrogen-bond acceptors (Lipinski definition) is 9. The lowest BCUT2D eigenvalue weighted by atomic mass is 9.88. The predicted octanol–water partition coefficient (Wildman–Crippen LogP) is -3.71. The summed E-state index contributed by atoms with van der Waals surface area (Å²) >= 11 is 0. The van der Waals surface area contributed by atoms with E-state index in [0.717, 1.165) is 5.69 Å². The molecule has 3 rings (SSSR count). The summed E-state index contributed by atoms with van der Waals surface area (Å²) in [6, 6.07) is -0.410. The topological polar surface area (TPSA) is 220 Å². The maximum Gasteiger partial charge on any atom is 0.197 e. The zero-order valence-corrected chi connectivity index (χ0v) is 13.0. The SMILES string of the molecule is NC(N)=NCC(c1cnc(N)[nH]1)C1N=C(N)NC1C1CN=C(N)N1. The van der Waals surface area contributed by atoms with Crippen molar-refractivity contribution in [2.75, 3.05) is 18.8 Å². The molecule has 130 valence electrons. The van der Waals surface area contributed by atoms with Crippen molar-refractivity contribution in [1.82, 2.24) is 20.6 Å². The van der Waals surface area contributed by atoms with Crippen molar-refractivity contribution in [3.8, 4) is 0 Å². The van der Waals surface area contributed by atoms with Crippen molar-refractivity contribution in [1.29, 1.82) is 0 Å². The van der Waals surface area contributed by atoms with Crippen LogP contribution in [0.15, 0.2) is 21.2 Å².